The molecule has 1 aliphatic rings. The fraction of sp³-hybridized carbons (Fsp3) is 0.538. The van der Waals surface area contributed by atoms with Crippen LogP contribution in [-0.2, 0) is 10.0 Å². The van der Waals surface area contributed by atoms with Crippen LogP contribution in [0.15, 0.2) is 18.2 Å². The lowest BCUT2D eigenvalue weighted by Gasteiger charge is -2.25. The molecule has 1 aliphatic heterocycles. The minimum Gasteiger partial charge on any atom is -0.388 e. The van der Waals surface area contributed by atoms with Crippen LogP contribution in [0.3, 0.4) is 0 Å². The predicted molar refractivity (Wildman–Crippen MR) is 78.7 cm³/mol. The molecular formula is C13H19N3O5S. The fourth-order valence-electron chi connectivity index (χ4n) is 2.29. The first-order chi connectivity index (χ1) is 10.1. The van der Waals surface area contributed by atoms with Crippen LogP contribution in [0.4, 0.5) is 0 Å². The standard InChI is InChI=1S/C13H19N3O5S/c1-9-4-3-5-10(15-9)12(18)16-6-11(17)13(19,8-16)7-14-22(2,20)21/h3-5,11,14,17,19H,6-8H2,1-2H3/t11-,13+/m1/s1. The average molecular weight is 329 g/mol. The van der Waals surface area contributed by atoms with Gasteiger partial charge in [0.05, 0.1) is 19.3 Å². The zero-order valence-electron chi connectivity index (χ0n) is 12.4. The highest BCUT2D eigenvalue weighted by Crippen LogP contribution is 2.23. The third-order valence-corrected chi connectivity index (χ3v) is 4.18. The number of aromatic nitrogens is 1. The number of hydrogen-bond acceptors (Lipinski definition) is 6. The van der Waals surface area contributed by atoms with Gasteiger partial charge in [0.25, 0.3) is 5.91 Å². The summed E-state index contributed by atoms with van der Waals surface area (Å²) >= 11 is 0. The summed E-state index contributed by atoms with van der Waals surface area (Å²) in [5.41, 5.74) is -0.824. The summed E-state index contributed by atoms with van der Waals surface area (Å²) in [6, 6.07) is 5.00. The SMILES string of the molecule is Cc1cccc(C(=O)N2C[C@@H](O)[C@](O)(CNS(C)(=O)=O)C2)n1. The molecule has 22 heavy (non-hydrogen) atoms. The van der Waals surface area contributed by atoms with E-state index in [9.17, 15) is 23.4 Å². The van der Waals surface area contributed by atoms with Gasteiger partial charge in [-0.2, -0.15) is 0 Å². The number of likely N-dealkylation sites (tertiary alicyclic amines) is 1. The van der Waals surface area contributed by atoms with E-state index < -0.39 is 27.6 Å². The number of aliphatic hydroxyl groups excluding tert-OH is 1. The first-order valence-corrected chi connectivity index (χ1v) is 8.58. The van der Waals surface area contributed by atoms with Crippen LogP contribution in [0.2, 0.25) is 0 Å². The van der Waals surface area contributed by atoms with E-state index >= 15 is 0 Å². The van der Waals surface area contributed by atoms with Crippen molar-refractivity contribution in [2.45, 2.75) is 18.6 Å². The molecule has 8 nitrogen and oxygen atoms in total. The highest BCUT2D eigenvalue weighted by atomic mass is 32.2. The third kappa shape index (κ3) is 3.80. The Hall–Kier alpha value is -1.55. The highest BCUT2D eigenvalue weighted by molar-refractivity contribution is 7.88. The van der Waals surface area contributed by atoms with Crippen LogP contribution >= 0.6 is 0 Å². The number of sulfonamides is 1. The Morgan fingerprint density at radius 2 is 2.23 bits per heavy atom. The van der Waals surface area contributed by atoms with Gasteiger partial charge in [-0.1, -0.05) is 6.07 Å². The van der Waals surface area contributed by atoms with Crippen LogP contribution in [0.1, 0.15) is 16.2 Å². The lowest BCUT2D eigenvalue weighted by atomic mass is 10.0. The molecule has 0 aromatic carbocycles. The highest BCUT2D eigenvalue weighted by Gasteiger charge is 2.46. The van der Waals surface area contributed by atoms with Crippen molar-refractivity contribution in [1.82, 2.24) is 14.6 Å². The molecule has 9 heteroatoms. The van der Waals surface area contributed by atoms with Crippen LogP contribution < -0.4 is 4.72 Å². The van der Waals surface area contributed by atoms with E-state index in [-0.39, 0.29) is 25.3 Å². The molecule has 2 heterocycles. The topological polar surface area (TPSA) is 120 Å². The minimum atomic E-state index is -3.51. The number of hydrogen-bond donors (Lipinski definition) is 3. The Balaban J connectivity index is 2.11. The zero-order chi connectivity index (χ0) is 16.5. The Morgan fingerprint density at radius 3 is 2.82 bits per heavy atom. The third-order valence-electron chi connectivity index (χ3n) is 3.51. The monoisotopic (exact) mass is 329 g/mol. The molecule has 122 valence electrons. The molecule has 3 N–H and O–H groups in total. The molecule has 2 rings (SSSR count). The molecule has 0 spiro atoms. The van der Waals surface area contributed by atoms with Gasteiger partial charge in [-0.3, -0.25) is 4.79 Å². The second-order valence-corrected chi connectivity index (χ2v) is 7.40. The van der Waals surface area contributed by atoms with Crippen molar-refractivity contribution in [3.63, 3.8) is 0 Å². The minimum absolute atomic E-state index is 0.0869. The number of nitrogens with one attached hydrogen (secondary N) is 1. The van der Waals surface area contributed by atoms with E-state index in [4.69, 9.17) is 0 Å². The van der Waals surface area contributed by atoms with Crippen LogP contribution in [0.5, 0.6) is 0 Å². The van der Waals surface area contributed by atoms with E-state index in [0.29, 0.717) is 5.69 Å². The smallest absolute Gasteiger partial charge is 0.272 e. The maximum Gasteiger partial charge on any atom is 0.272 e. The van der Waals surface area contributed by atoms with Gasteiger partial charge in [0.15, 0.2) is 0 Å². The van der Waals surface area contributed by atoms with Crippen molar-refractivity contribution in [2.24, 2.45) is 0 Å². The van der Waals surface area contributed by atoms with E-state index in [1.807, 2.05) is 0 Å². The molecule has 0 unspecified atom stereocenters. The summed E-state index contributed by atoms with van der Waals surface area (Å²) in [7, 11) is -3.51. The molecule has 1 aromatic rings. The van der Waals surface area contributed by atoms with Crippen molar-refractivity contribution >= 4 is 15.9 Å². The largest absolute Gasteiger partial charge is 0.388 e. The predicted octanol–water partition coefficient (Wildman–Crippen LogP) is -1.51. The molecule has 1 fully saturated rings. The van der Waals surface area contributed by atoms with Gasteiger partial charge in [-0.15, -0.1) is 0 Å². The number of pyridine rings is 1. The van der Waals surface area contributed by atoms with E-state index in [1.54, 1.807) is 25.1 Å². The first-order valence-electron chi connectivity index (χ1n) is 6.69. The second-order valence-electron chi connectivity index (χ2n) is 5.56. The van der Waals surface area contributed by atoms with Crippen molar-refractivity contribution in [3.05, 3.63) is 29.6 Å². The fourth-order valence-corrected chi connectivity index (χ4v) is 2.80. The second kappa shape index (κ2) is 5.92. The number of aryl methyl sites for hydroxylation is 1. The summed E-state index contributed by atoms with van der Waals surface area (Å²) in [6.07, 6.45) is -0.285. The Morgan fingerprint density at radius 1 is 1.55 bits per heavy atom. The van der Waals surface area contributed by atoms with Gasteiger partial charge in [-0.25, -0.2) is 18.1 Å². The van der Waals surface area contributed by atoms with Gasteiger partial charge in [0, 0.05) is 12.2 Å². The van der Waals surface area contributed by atoms with Crippen molar-refractivity contribution < 1.29 is 23.4 Å². The van der Waals surface area contributed by atoms with Crippen LogP contribution in [0.25, 0.3) is 0 Å². The van der Waals surface area contributed by atoms with E-state index in [2.05, 4.69) is 9.71 Å². The maximum absolute atomic E-state index is 12.3. The zero-order valence-corrected chi connectivity index (χ0v) is 13.2. The van der Waals surface area contributed by atoms with Gasteiger partial charge in [0.1, 0.15) is 17.4 Å². The summed E-state index contributed by atoms with van der Waals surface area (Å²) in [5.74, 6) is -0.418. The van der Waals surface area contributed by atoms with Crippen molar-refractivity contribution in [1.29, 1.82) is 0 Å². The van der Waals surface area contributed by atoms with Gasteiger partial charge < -0.3 is 15.1 Å². The van der Waals surface area contributed by atoms with Crippen LogP contribution in [-0.4, -0.2) is 72.0 Å². The average Bonchev–Trinajstić information content (AvgIpc) is 2.72. The molecule has 0 saturated carbocycles. The molecule has 0 aliphatic carbocycles. The summed E-state index contributed by atoms with van der Waals surface area (Å²) in [6.45, 7) is 1.13. The Kier molecular flexibility index (Phi) is 4.52. The lowest BCUT2D eigenvalue weighted by molar-refractivity contribution is -0.0352. The summed E-state index contributed by atoms with van der Waals surface area (Å²) in [5, 5.41) is 20.3. The van der Waals surface area contributed by atoms with Gasteiger partial charge >= 0.3 is 0 Å². The summed E-state index contributed by atoms with van der Waals surface area (Å²) in [4.78, 5) is 17.7. The van der Waals surface area contributed by atoms with Crippen LogP contribution in [0, 0.1) is 6.92 Å². The summed E-state index contributed by atoms with van der Waals surface area (Å²) < 4.78 is 24.4. The van der Waals surface area contributed by atoms with E-state index in [0.717, 1.165) is 6.26 Å². The molecule has 1 saturated heterocycles. The maximum atomic E-state index is 12.3. The number of aliphatic hydroxyl groups is 2. The first kappa shape index (κ1) is 16.8. The number of rotatable bonds is 4. The molecule has 1 amide bonds. The van der Waals surface area contributed by atoms with Gasteiger partial charge in [-0.05, 0) is 19.1 Å². The number of carbonyl (C=O) groups is 1. The van der Waals surface area contributed by atoms with Crippen molar-refractivity contribution in [2.75, 3.05) is 25.9 Å². The Bertz CT molecular complexity index is 678. The van der Waals surface area contributed by atoms with Crippen molar-refractivity contribution in [3.8, 4) is 0 Å². The normalized spacial score (nSPS) is 25.5. The van der Waals surface area contributed by atoms with E-state index in [1.165, 1.54) is 4.90 Å². The number of nitrogens with zero attached hydrogens (tertiary/aromatic N) is 2. The number of β-amino-alcohol motifs (C(OH)–C–C–N with tert-alkyl or cyclic N) is 2. The number of amides is 1. The molecular weight excluding hydrogens is 310 g/mol. The van der Waals surface area contributed by atoms with Gasteiger partial charge in [0.2, 0.25) is 10.0 Å². The quantitative estimate of drug-likeness (QED) is 0.617. The Labute approximate surface area is 128 Å². The number of carbonyl (C=O) groups excluding carboxylic acids is 1. The molecule has 2 atom stereocenters. The molecule has 0 bridgehead atoms. The lowest BCUT2D eigenvalue weighted by Crippen LogP contribution is -2.51. The molecule has 1 aromatic heterocycles. The molecule has 0 radical (unpaired) electrons.